The second-order valence-electron chi connectivity index (χ2n) is 6.69. The van der Waals surface area contributed by atoms with E-state index in [0.717, 1.165) is 32.5 Å². The van der Waals surface area contributed by atoms with Gasteiger partial charge < -0.3 is 10.2 Å². The maximum Gasteiger partial charge on any atom is 0.146 e. The van der Waals surface area contributed by atoms with Crippen molar-refractivity contribution in [3.05, 3.63) is 30.1 Å². The lowest BCUT2D eigenvalue weighted by Crippen LogP contribution is -2.43. The molecule has 0 amide bonds. The van der Waals surface area contributed by atoms with Gasteiger partial charge in [0.05, 0.1) is 5.69 Å². The van der Waals surface area contributed by atoms with Crippen molar-refractivity contribution in [2.75, 3.05) is 24.5 Å². The summed E-state index contributed by atoms with van der Waals surface area (Å²) < 4.78 is 13.9. The molecule has 120 valence electrons. The van der Waals surface area contributed by atoms with Crippen molar-refractivity contribution < 1.29 is 4.39 Å². The molecule has 1 unspecified atom stereocenters. The van der Waals surface area contributed by atoms with Gasteiger partial charge in [0, 0.05) is 19.1 Å². The molecule has 2 nitrogen and oxygen atoms in total. The van der Waals surface area contributed by atoms with Crippen LogP contribution in [0.1, 0.15) is 47.5 Å². The van der Waals surface area contributed by atoms with Crippen molar-refractivity contribution in [2.45, 2.75) is 53.5 Å². The molecule has 0 radical (unpaired) electrons. The van der Waals surface area contributed by atoms with E-state index in [1.54, 1.807) is 6.07 Å². The summed E-state index contributed by atoms with van der Waals surface area (Å²) in [4.78, 5) is 2.13. The zero-order valence-corrected chi connectivity index (χ0v) is 14.2. The van der Waals surface area contributed by atoms with Crippen LogP contribution in [0.15, 0.2) is 24.3 Å². The Bertz CT molecular complexity index is 412. The first-order valence-corrected chi connectivity index (χ1v) is 8.13. The van der Waals surface area contributed by atoms with E-state index in [1.807, 2.05) is 12.1 Å². The van der Waals surface area contributed by atoms with Crippen molar-refractivity contribution in [3.8, 4) is 0 Å². The SMILES string of the molecule is CCCNC(CCN(CC)c1ccccc1F)C(C)(C)C. The Labute approximate surface area is 129 Å². The van der Waals surface area contributed by atoms with Gasteiger partial charge in [-0.05, 0) is 43.9 Å². The maximum atomic E-state index is 13.9. The first-order valence-electron chi connectivity index (χ1n) is 8.13. The van der Waals surface area contributed by atoms with E-state index in [0.29, 0.717) is 11.7 Å². The lowest BCUT2D eigenvalue weighted by Gasteiger charge is -2.34. The summed E-state index contributed by atoms with van der Waals surface area (Å²) in [7, 11) is 0. The van der Waals surface area contributed by atoms with Crippen LogP contribution in [-0.2, 0) is 0 Å². The number of para-hydroxylation sites is 1. The van der Waals surface area contributed by atoms with E-state index in [4.69, 9.17) is 0 Å². The van der Waals surface area contributed by atoms with Crippen molar-refractivity contribution in [1.29, 1.82) is 0 Å². The van der Waals surface area contributed by atoms with Crippen LogP contribution in [0.3, 0.4) is 0 Å². The van der Waals surface area contributed by atoms with Crippen molar-refractivity contribution in [3.63, 3.8) is 0 Å². The lowest BCUT2D eigenvalue weighted by molar-refractivity contribution is 0.256. The summed E-state index contributed by atoms with van der Waals surface area (Å²) in [5.74, 6) is -0.131. The van der Waals surface area contributed by atoms with Crippen LogP contribution in [0, 0.1) is 11.2 Å². The molecule has 1 aromatic rings. The highest BCUT2D eigenvalue weighted by atomic mass is 19.1. The number of hydrogen-bond donors (Lipinski definition) is 1. The van der Waals surface area contributed by atoms with Crippen LogP contribution < -0.4 is 10.2 Å². The van der Waals surface area contributed by atoms with Gasteiger partial charge in [0.15, 0.2) is 0 Å². The smallest absolute Gasteiger partial charge is 0.146 e. The first kappa shape index (κ1) is 18.0. The van der Waals surface area contributed by atoms with Crippen molar-refractivity contribution >= 4 is 5.69 Å². The molecule has 0 aromatic heterocycles. The number of halogens is 1. The average molecular weight is 294 g/mol. The molecule has 0 bridgehead atoms. The first-order chi connectivity index (χ1) is 9.90. The lowest BCUT2D eigenvalue weighted by atomic mass is 9.84. The Balaban J connectivity index is 2.70. The summed E-state index contributed by atoms with van der Waals surface area (Å²) in [6, 6.07) is 7.49. The summed E-state index contributed by atoms with van der Waals surface area (Å²) in [6.45, 7) is 13.8. The quantitative estimate of drug-likeness (QED) is 0.761. The number of nitrogens with zero attached hydrogens (tertiary/aromatic N) is 1. The molecule has 1 aromatic carbocycles. The topological polar surface area (TPSA) is 15.3 Å². The maximum absolute atomic E-state index is 13.9. The highest BCUT2D eigenvalue weighted by Gasteiger charge is 2.24. The van der Waals surface area contributed by atoms with Crippen LogP contribution in [0.5, 0.6) is 0 Å². The highest BCUT2D eigenvalue weighted by molar-refractivity contribution is 5.47. The molecule has 0 aliphatic carbocycles. The Morgan fingerprint density at radius 2 is 1.86 bits per heavy atom. The van der Waals surface area contributed by atoms with Crippen molar-refractivity contribution in [1.82, 2.24) is 5.32 Å². The van der Waals surface area contributed by atoms with E-state index < -0.39 is 0 Å². The molecule has 1 N–H and O–H groups in total. The number of benzene rings is 1. The fraction of sp³-hybridized carbons (Fsp3) is 0.667. The number of rotatable bonds is 8. The second kappa shape index (κ2) is 8.38. The molecule has 0 fully saturated rings. The third kappa shape index (κ3) is 5.66. The Hall–Kier alpha value is -1.09. The van der Waals surface area contributed by atoms with E-state index in [1.165, 1.54) is 6.07 Å². The summed E-state index contributed by atoms with van der Waals surface area (Å²) in [5, 5.41) is 3.63. The van der Waals surface area contributed by atoms with E-state index in [2.05, 4.69) is 44.8 Å². The van der Waals surface area contributed by atoms with Gasteiger partial charge in [0.25, 0.3) is 0 Å². The minimum Gasteiger partial charge on any atom is -0.369 e. The third-order valence-corrected chi connectivity index (χ3v) is 3.95. The molecule has 1 atom stereocenters. The number of nitrogens with one attached hydrogen (secondary N) is 1. The van der Waals surface area contributed by atoms with Gasteiger partial charge in [-0.25, -0.2) is 4.39 Å². The second-order valence-corrected chi connectivity index (χ2v) is 6.69. The molecule has 0 aliphatic heterocycles. The molecule has 0 aliphatic rings. The molecule has 0 heterocycles. The van der Waals surface area contributed by atoms with Crippen LogP contribution in [-0.4, -0.2) is 25.7 Å². The fourth-order valence-corrected chi connectivity index (χ4v) is 2.60. The summed E-state index contributed by atoms with van der Waals surface area (Å²) in [5.41, 5.74) is 0.923. The van der Waals surface area contributed by atoms with Crippen molar-refractivity contribution in [2.24, 2.45) is 5.41 Å². The fourth-order valence-electron chi connectivity index (χ4n) is 2.60. The monoisotopic (exact) mass is 294 g/mol. The largest absolute Gasteiger partial charge is 0.369 e. The van der Waals surface area contributed by atoms with Gasteiger partial charge in [0.1, 0.15) is 5.82 Å². The molecule has 0 saturated heterocycles. The number of anilines is 1. The summed E-state index contributed by atoms with van der Waals surface area (Å²) >= 11 is 0. The molecule has 21 heavy (non-hydrogen) atoms. The van der Waals surface area contributed by atoms with Gasteiger partial charge in [-0.15, -0.1) is 0 Å². The highest BCUT2D eigenvalue weighted by Crippen LogP contribution is 2.24. The molecular formula is C18H31FN2. The average Bonchev–Trinajstić information content (AvgIpc) is 2.43. The van der Waals surface area contributed by atoms with Gasteiger partial charge in [-0.2, -0.15) is 0 Å². The normalized spacial score (nSPS) is 13.2. The Morgan fingerprint density at radius 3 is 2.38 bits per heavy atom. The van der Waals surface area contributed by atoms with Gasteiger partial charge in [0.2, 0.25) is 0 Å². The summed E-state index contributed by atoms with van der Waals surface area (Å²) in [6.07, 6.45) is 2.16. The third-order valence-electron chi connectivity index (χ3n) is 3.95. The van der Waals surface area contributed by atoms with Gasteiger partial charge in [-0.3, -0.25) is 0 Å². The predicted octanol–water partition coefficient (Wildman–Crippen LogP) is 4.46. The minimum atomic E-state index is -0.131. The molecular weight excluding hydrogens is 263 g/mol. The minimum absolute atomic E-state index is 0.131. The van der Waals surface area contributed by atoms with E-state index in [-0.39, 0.29) is 11.2 Å². The Kier molecular flexibility index (Phi) is 7.16. The molecule has 0 spiro atoms. The van der Waals surface area contributed by atoms with Crippen LogP contribution >= 0.6 is 0 Å². The molecule has 3 heteroatoms. The van der Waals surface area contributed by atoms with Crippen LogP contribution in [0.4, 0.5) is 10.1 Å². The predicted molar refractivity (Wildman–Crippen MR) is 90.4 cm³/mol. The van der Waals surface area contributed by atoms with E-state index >= 15 is 0 Å². The van der Waals surface area contributed by atoms with Gasteiger partial charge in [-0.1, -0.05) is 39.8 Å². The van der Waals surface area contributed by atoms with Crippen LogP contribution in [0.25, 0.3) is 0 Å². The zero-order chi connectivity index (χ0) is 15.9. The standard InChI is InChI=1S/C18H31FN2/c1-6-13-20-17(18(3,4)5)12-14-21(7-2)16-11-9-8-10-15(16)19/h8-11,17,20H,6-7,12-14H2,1-5H3. The van der Waals surface area contributed by atoms with Gasteiger partial charge >= 0.3 is 0 Å². The Morgan fingerprint density at radius 1 is 1.19 bits per heavy atom. The zero-order valence-electron chi connectivity index (χ0n) is 14.2. The number of hydrogen-bond acceptors (Lipinski definition) is 2. The molecule has 1 rings (SSSR count). The molecule has 0 saturated carbocycles. The van der Waals surface area contributed by atoms with Crippen LogP contribution in [0.2, 0.25) is 0 Å². The van der Waals surface area contributed by atoms with E-state index in [9.17, 15) is 4.39 Å².